The number of rotatable bonds is 6. The average Bonchev–Trinajstić information content (AvgIpc) is 3.21. The van der Waals surface area contributed by atoms with E-state index in [9.17, 15) is 4.79 Å². The third-order valence-electron chi connectivity index (χ3n) is 4.31. The second-order valence-electron chi connectivity index (χ2n) is 7.88. The van der Waals surface area contributed by atoms with Gasteiger partial charge >= 0.3 is 0 Å². The maximum atomic E-state index is 12.6. The number of nitrogens with zero attached hydrogens (tertiary/aromatic N) is 3. The van der Waals surface area contributed by atoms with E-state index in [1.54, 1.807) is 0 Å². The molecule has 0 spiro atoms. The van der Waals surface area contributed by atoms with E-state index in [4.69, 9.17) is 4.74 Å². The summed E-state index contributed by atoms with van der Waals surface area (Å²) in [6.07, 6.45) is 2.86. The molecule has 1 aliphatic rings. The first-order chi connectivity index (χ1) is 12.4. The second kappa shape index (κ2) is 8.33. The summed E-state index contributed by atoms with van der Waals surface area (Å²) >= 11 is 1.48. The average molecular weight is 377 g/mol. The summed E-state index contributed by atoms with van der Waals surface area (Å²) in [5.41, 5.74) is 1.88. The SMILES string of the molecule is CC(C)(C)Cc1csc(NC(=O)c2cccn2CCN2CCOCC2)n1. The van der Waals surface area contributed by atoms with Gasteiger partial charge in [0.15, 0.2) is 5.13 Å². The normalized spacial score (nSPS) is 16.0. The Morgan fingerprint density at radius 2 is 2.08 bits per heavy atom. The van der Waals surface area contributed by atoms with Crippen molar-refractivity contribution in [3.63, 3.8) is 0 Å². The number of ether oxygens (including phenoxy) is 1. The number of carbonyl (C=O) groups excluding carboxylic acids is 1. The van der Waals surface area contributed by atoms with Gasteiger partial charge in [-0.25, -0.2) is 4.98 Å². The van der Waals surface area contributed by atoms with Crippen LogP contribution in [0, 0.1) is 5.41 Å². The van der Waals surface area contributed by atoms with E-state index in [1.165, 1.54) is 11.3 Å². The Morgan fingerprint density at radius 3 is 2.81 bits per heavy atom. The van der Waals surface area contributed by atoms with Crippen LogP contribution in [0.5, 0.6) is 0 Å². The quantitative estimate of drug-likeness (QED) is 0.842. The Bertz CT molecular complexity index is 726. The van der Waals surface area contributed by atoms with Gasteiger partial charge in [-0.15, -0.1) is 11.3 Å². The number of hydrogen-bond donors (Lipinski definition) is 1. The third kappa shape index (κ3) is 5.40. The zero-order valence-corrected chi connectivity index (χ0v) is 16.6. The first-order valence-corrected chi connectivity index (χ1v) is 10.00. The maximum absolute atomic E-state index is 12.6. The van der Waals surface area contributed by atoms with Gasteiger partial charge in [0, 0.05) is 37.8 Å². The Kier molecular flexibility index (Phi) is 6.11. The number of amides is 1. The van der Waals surface area contributed by atoms with Crippen LogP contribution in [0.1, 0.15) is 37.0 Å². The number of nitrogens with one attached hydrogen (secondary N) is 1. The van der Waals surface area contributed by atoms with Crippen LogP contribution in [0.25, 0.3) is 0 Å². The Morgan fingerprint density at radius 1 is 1.31 bits per heavy atom. The minimum atomic E-state index is -0.103. The third-order valence-corrected chi connectivity index (χ3v) is 5.11. The molecule has 7 heteroatoms. The molecule has 0 radical (unpaired) electrons. The van der Waals surface area contributed by atoms with Crippen LogP contribution in [0.3, 0.4) is 0 Å². The summed E-state index contributed by atoms with van der Waals surface area (Å²) in [4.78, 5) is 19.6. The van der Waals surface area contributed by atoms with Crippen molar-refractivity contribution in [1.82, 2.24) is 14.5 Å². The molecule has 142 valence electrons. The van der Waals surface area contributed by atoms with Gasteiger partial charge in [0.2, 0.25) is 0 Å². The fraction of sp³-hybridized carbons (Fsp3) is 0.579. The fourth-order valence-corrected chi connectivity index (χ4v) is 3.74. The molecule has 1 amide bonds. The van der Waals surface area contributed by atoms with E-state index in [1.807, 2.05) is 28.3 Å². The highest BCUT2D eigenvalue weighted by atomic mass is 32.1. The first-order valence-electron chi connectivity index (χ1n) is 9.12. The smallest absolute Gasteiger partial charge is 0.274 e. The number of morpholine rings is 1. The van der Waals surface area contributed by atoms with Gasteiger partial charge in [0.1, 0.15) is 5.69 Å². The van der Waals surface area contributed by atoms with Gasteiger partial charge in [-0.1, -0.05) is 20.8 Å². The second-order valence-corrected chi connectivity index (χ2v) is 8.73. The molecule has 1 fully saturated rings. The molecule has 0 atom stereocenters. The van der Waals surface area contributed by atoms with Crippen molar-refractivity contribution >= 4 is 22.4 Å². The molecular formula is C19H28N4O2S. The van der Waals surface area contributed by atoms with Crippen LogP contribution in [0.15, 0.2) is 23.7 Å². The summed E-state index contributed by atoms with van der Waals surface area (Å²) in [6.45, 7) is 11.8. The van der Waals surface area contributed by atoms with Gasteiger partial charge in [-0.3, -0.25) is 15.0 Å². The standard InChI is InChI=1S/C19H28N4O2S/c1-19(2,3)13-15-14-26-18(20-15)21-17(24)16-5-4-6-23(16)8-7-22-9-11-25-12-10-22/h4-6,14H,7-13H2,1-3H3,(H,20,21,24). The van der Waals surface area contributed by atoms with Gasteiger partial charge < -0.3 is 9.30 Å². The molecule has 0 bridgehead atoms. The summed E-state index contributed by atoms with van der Waals surface area (Å²) in [7, 11) is 0. The van der Waals surface area contributed by atoms with Crippen molar-refractivity contribution < 1.29 is 9.53 Å². The van der Waals surface area contributed by atoms with E-state index < -0.39 is 0 Å². The topological polar surface area (TPSA) is 59.4 Å². The molecule has 1 saturated heterocycles. The van der Waals surface area contributed by atoms with E-state index >= 15 is 0 Å². The number of carbonyl (C=O) groups is 1. The molecule has 2 aromatic heterocycles. The summed E-state index contributed by atoms with van der Waals surface area (Å²) in [6, 6.07) is 3.78. The zero-order valence-electron chi connectivity index (χ0n) is 15.8. The molecule has 2 aromatic rings. The van der Waals surface area contributed by atoms with Gasteiger partial charge in [0.25, 0.3) is 5.91 Å². The molecule has 3 heterocycles. The molecule has 1 aliphatic heterocycles. The van der Waals surface area contributed by atoms with Crippen molar-refractivity contribution in [2.75, 3.05) is 38.2 Å². The van der Waals surface area contributed by atoms with Crippen molar-refractivity contribution in [2.24, 2.45) is 5.41 Å². The summed E-state index contributed by atoms with van der Waals surface area (Å²) in [5.74, 6) is -0.103. The molecule has 6 nitrogen and oxygen atoms in total. The maximum Gasteiger partial charge on any atom is 0.274 e. The van der Waals surface area contributed by atoms with Crippen LogP contribution < -0.4 is 5.32 Å². The Hall–Kier alpha value is -1.70. The largest absolute Gasteiger partial charge is 0.379 e. The number of thiazole rings is 1. The molecule has 0 aliphatic carbocycles. The lowest BCUT2D eigenvalue weighted by Gasteiger charge is -2.26. The van der Waals surface area contributed by atoms with Gasteiger partial charge in [-0.05, 0) is 24.0 Å². The van der Waals surface area contributed by atoms with E-state index in [2.05, 4.69) is 36.0 Å². The van der Waals surface area contributed by atoms with E-state index in [0.29, 0.717) is 10.8 Å². The lowest BCUT2D eigenvalue weighted by atomic mass is 9.91. The monoisotopic (exact) mass is 376 g/mol. The Balaban J connectivity index is 1.57. The highest BCUT2D eigenvalue weighted by molar-refractivity contribution is 7.13. The van der Waals surface area contributed by atoms with Gasteiger partial charge in [-0.2, -0.15) is 0 Å². The first kappa shape index (κ1) is 19.1. The van der Waals surface area contributed by atoms with Crippen LogP contribution in [-0.4, -0.2) is 53.2 Å². The summed E-state index contributed by atoms with van der Waals surface area (Å²) in [5, 5.41) is 5.63. The lowest BCUT2D eigenvalue weighted by molar-refractivity contribution is 0.0363. The highest BCUT2D eigenvalue weighted by Gasteiger charge is 2.17. The van der Waals surface area contributed by atoms with Gasteiger partial charge in [0.05, 0.1) is 18.9 Å². The highest BCUT2D eigenvalue weighted by Crippen LogP contribution is 2.24. The lowest BCUT2D eigenvalue weighted by Crippen LogP contribution is -2.38. The van der Waals surface area contributed by atoms with E-state index in [-0.39, 0.29) is 11.3 Å². The number of aromatic nitrogens is 2. The van der Waals surface area contributed by atoms with Crippen molar-refractivity contribution in [3.8, 4) is 0 Å². The predicted molar refractivity (Wildman–Crippen MR) is 105 cm³/mol. The van der Waals surface area contributed by atoms with Crippen LogP contribution in [0.2, 0.25) is 0 Å². The zero-order chi connectivity index (χ0) is 18.6. The Labute approximate surface area is 159 Å². The van der Waals surface area contributed by atoms with Crippen LogP contribution in [0.4, 0.5) is 5.13 Å². The molecule has 3 rings (SSSR count). The molecule has 26 heavy (non-hydrogen) atoms. The minimum absolute atomic E-state index is 0.103. The number of hydrogen-bond acceptors (Lipinski definition) is 5. The minimum Gasteiger partial charge on any atom is -0.379 e. The molecular weight excluding hydrogens is 348 g/mol. The van der Waals surface area contributed by atoms with Crippen molar-refractivity contribution in [2.45, 2.75) is 33.7 Å². The van der Waals surface area contributed by atoms with Crippen LogP contribution in [-0.2, 0) is 17.7 Å². The molecule has 0 saturated carbocycles. The molecule has 1 N–H and O–H groups in total. The predicted octanol–water partition coefficient (Wildman–Crippen LogP) is 3.12. The summed E-state index contributed by atoms with van der Waals surface area (Å²) < 4.78 is 7.39. The number of anilines is 1. The molecule has 0 unspecified atom stereocenters. The fourth-order valence-electron chi connectivity index (χ4n) is 3.04. The van der Waals surface area contributed by atoms with Crippen LogP contribution >= 0.6 is 11.3 Å². The molecule has 0 aromatic carbocycles. The van der Waals surface area contributed by atoms with E-state index in [0.717, 1.165) is 51.5 Å². The van der Waals surface area contributed by atoms with Crippen molar-refractivity contribution in [3.05, 3.63) is 35.1 Å². The van der Waals surface area contributed by atoms with Crippen molar-refractivity contribution in [1.29, 1.82) is 0 Å².